The molecule has 0 spiro atoms. The Bertz CT molecular complexity index is 1230. The van der Waals surface area contributed by atoms with E-state index in [9.17, 15) is 28.3 Å². The smallest absolute Gasteiger partial charge is 0.278 e. The Hall–Kier alpha value is -3.69. The summed E-state index contributed by atoms with van der Waals surface area (Å²) in [6.45, 7) is 7.92. The van der Waals surface area contributed by atoms with E-state index in [0.717, 1.165) is 11.6 Å². The molecular weight excluding hydrogens is 434 g/mol. The molecule has 174 valence electrons. The summed E-state index contributed by atoms with van der Waals surface area (Å²) in [7, 11) is 0. The second kappa shape index (κ2) is 8.34. The van der Waals surface area contributed by atoms with Gasteiger partial charge in [-0.15, -0.1) is 0 Å². The van der Waals surface area contributed by atoms with Gasteiger partial charge in [-0.05, 0) is 31.4 Å². The average Bonchev–Trinajstić information content (AvgIpc) is 3.11. The zero-order valence-corrected chi connectivity index (χ0v) is 18.3. The molecule has 1 saturated heterocycles. The number of hydrogen-bond donors (Lipinski definition) is 2. The number of halogens is 2. The van der Waals surface area contributed by atoms with Crippen LogP contribution in [0.5, 0.6) is 5.75 Å². The molecule has 4 rings (SSSR count). The number of pyridine rings is 1. The molecule has 10 heteroatoms. The second-order valence-corrected chi connectivity index (χ2v) is 8.10. The van der Waals surface area contributed by atoms with E-state index in [4.69, 9.17) is 0 Å². The van der Waals surface area contributed by atoms with Gasteiger partial charge in [-0.1, -0.05) is 19.6 Å². The molecule has 1 aromatic heterocycles. The van der Waals surface area contributed by atoms with Crippen LogP contribution in [-0.4, -0.2) is 45.2 Å². The fraction of sp³-hybridized carbons (Fsp3) is 0.348. The van der Waals surface area contributed by atoms with E-state index >= 15 is 0 Å². The molecule has 2 N–H and O–H groups in total. The molecule has 3 heterocycles. The van der Waals surface area contributed by atoms with Crippen LogP contribution in [0.25, 0.3) is 0 Å². The highest BCUT2D eigenvalue weighted by Crippen LogP contribution is 2.36. The van der Waals surface area contributed by atoms with Crippen LogP contribution < -0.4 is 15.8 Å². The molecule has 0 aliphatic carbocycles. The first kappa shape index (κ1) is 22.5. The van der Waals surface area contributed by atoms with Gasteiger partial charge in [0.05, 0.1) is 6.04 Å². The number of aromatic nitrogens is 1. The Balaban J connectivity index is 1.75. The molecule has 2 amide bonds. The minimum atomic E-state index is -1.01. The van der Waals surface area contributed by atoms with Crippen molar-refractivity contribution in [3.05, 3.63) is 75.2 Å². The topological polar surface area (TPSA) is 94.9 Å². The molecule has 1 fully saturated rings. The van der Waals surface area contributed by atoms with E-state index in [0.29, 0.717) is 25.5 Å². The number of aromatic hydroxyl groups is 1. The minimum absolute atomic E-state index is 0.0303. The summed E-state index contributed by atoms with van der Waals surface area (Å²) in [5.74, 6) is -3.81. The highest BCUT2D eigenvalue weighted by molar-refractivity contribution is 5.99. The molecule has 2 aliphatic rings. The van der Waals surface area contributed by atoms with Crippen molar-refractivity contribution in [1.82, 2.24) is 14.9 Å². The van der Waals surface area contributed by atoms with Crippen LogP contribution in [0.3, 0.4) is 0 Å². The van der Waals surface area contributed by atoms with Crippen molar-refractivity contribution in [1.29, 1.82) is 0 Å². The van der Waals surface area contributed by atoms with E-state index in [-0.39, 0.29) is 23.8 Å². The van der Waals surface area contributed by atoms with E-state index in [1.165, 1.54) is 21.8 Å². The molecule has 0 bridgehead atoms. The van der Waals surface area contributed by atoms with Crippen LogP contribution in [0.15, 0.2) is 41.3 Å². The average molecular weight is 458 g/mol. The molecule has 1 aromatic carbocycles. The summed E-state index contributed by atoms with van der Waals surface area (Å²) in [5, 5.41) is 14.9. The second-order valence-electron chi connectivity index (χ2n) is 8.10. The first-order valence-electron chi connectivity index (χ1n) is 10.7. The Kier molecular flexibility index (Phi) is 5.69. The molecule has 2 aromatic rings. The number of amides is 2. The van der Waals surface area contributed by atoms with Crippen LogP contribution in [0, 0.1) is 11.6 Å². The number of benzene rings is 1. The van der Waals surface area contributed by atoms with Gasteiger partial charge < -0.3 is 15.3 Å². The predicted molar refractivity (Wildman–Crippen MR) is 116 cm³/mol. The third kappa shape index (κ3) is 3.55. The van der Waals surface area contributed by atoms with Gasteiger partial charge in [-0.3, -0.25) is 24.1 Å². The number of likely N-dealkylation sites (N-methyl/N-ethyl adjacent to an activating group) is 1. The van der Waals surface area contributed by atoms with Crippen molar-refractivity contribution in [2.24, 2.45) is 0 Å². The van der Waals surface area contributed by atoms with Crippen molar-refractivity contribution in [3.63, 3.8) is 0 Å². The van der Waals surface area contributed by atoms with Gasteiger partial charge in [0.25, 0.3) is 11.8 Å². The van der Waals surface area contributed by atoms with E-state index in [1.807, 2.05) is 11.9 Å². The number of fused-ring (bicyclic) bond motifs is 3. The lowest BCUT2D eigenvalue weighted by Gasteiger charge is -2.45. The van der Waals surface area contributed by atoms with Crippen molar-refractivity contribution >= 4 is 11.8 Å². The van der Waals surface area contributed by atoms with E-state index < -0.39 is 46.4 Å². The Labute approximate surface area is 188 Å². The van der Waals surface area contributed by atoms with Crippen molar-refractivity contribution < 1.29 is 23.5 Å². The summed E-state index contributed by atoms with van der Waals surface area (Å²) in [6, 6.07) is 2.87. The van der Waals surface area contributed by atoms with Crippen LogP contribution in [0.2, 0.25) is 0 Å². The van der Waals surface area contributed by atoms with E-state index in [1.54, 1.807) is 6.92 Å². The first-order chi connectivity index (χ1) is 15.7. The number of hydrogen-bond acceptors (Lipinski definition) is 5. The maximum Gasteiger partial charge on any atom is 0.278 e. The Morgan fingerprint density at radius 1 is 1.27 bits per heavy atom. The monoisotopic (exact) mass is 458 g/mol. The third-order valence-electron chi connectivity index (χ3n) is 6.17. The molecule has 8 nitrogen and oxygen atoms in total. The van der Waals surface area contributed by atoms with Crippen LogP contribution >= 0.6 is 0 Å². The molecule has 33 heavy (non-hydrogen) atoms. The Morgan fingerprint density at radius 2 is 2.00 bits per heavy atom. The SMILES string of the molecule is C=C1C[C@@H](CC)N2[C@@H]1N(CC)C(=O)c1c(O)c(=O)c(C(=O)NCc3ccc(F)cc3F)cn12. The zero-order valence-electron chi connectivity index (χ0n) is 18.3. The van der Waals surface area contributed by atoms with E-state index in [2.05, 4.69) is 11.9 Å². The van der Waals surface area contributed by atoms with Gasteiger partial charge in [0.15, 0.2) is 11.4 Å². The number of rotatable bonds is 5. The molecule has 0 radical (unpaired) electrons. The normalized spacial score (nSPS) is 19.5. The molecular formula is C23H24F2N4O4. The van der Waals surface area contributed by atoms with Crippen LogP contribution in [0.1, 0.15) is 53.1 Å². The molecule has 0 unspecified atom stereocenters. The van der Waals surface area contributed by atoms with Gasteiger partial charge in [-0.2, -0.15) is 0 Å². The number of nitrogens with zero attached hydrogens (tertiary/aromatic N) is 3. The summed E-state index contributed by atoms with van der Waals surface area (Å²) in [6.07, 6.45) is 2.08. The maximum absolute atomic E-state index is 13.9. The fourth-order valence-corrected chi connectivity index (χ4v) is 4.51. The highest BCUT2D eigenvalue weighted by Gasteiger charge is 2.47. The zero-order chi connectivity index (χ0) is 24.0. The van der Waals surface area contributed by atoms with Crippen molar-refractivity contribution in [2.45, 2.75) is 45.4 Å². The summed E-state index contributed by atoms with van der Waals surface area (Å²) in [4.78, 5) is 40.3. The van der Waals surface area contributed by atoms with Gasteiger partial charge in [-0.25, -0.2) is 8.78 Å². The Morgan fingerprint density at radius 3 is 2.64 bits per heavy atom. The quantitative estimate of drug-likeness (QED) is 0.671. The van der Waals surface area contributed by atoms with Gasteiger partial charge in [0, 0.05) is 30.9 Å². The van der Waals surface area contributed by atoms with Crippen molar-refractivity contribution in [3.8, 4) is 5.75 Å². The largest absolute Gasteiger partial charge is 0.502 e. The minimum Gasteiger partial charge on any atom is -0.502 e. The number of carbonyl (C=O) groups is 2. The maximum atomic E-state index is 13.9. The standard InChI is InChI=1S/C23H24F2N4O4/c1-4-15-8-12(3)22-27(5-2)23(33)18-20(31)19(30)16(11-28(18)29(15)22)21(32)26-10-13-6-7-14(24)9-17(13)25/h6-7,9,11,15,22,31H,3-5,8,10H2,1-2H3,(H,26,32)/t15-,22+/m1/s1. The van der Waals surface area contributed by atoms with Gasteiger partial charge in [0.1, 0.15) is 23.4 Å². The number of carbonyl (C=O) groups excluding carboxylic acids is 2. The van der Waals surface area contributed by atoms with Gasteiger partial charge >= 0.3 is 0 Å². The first-order valence-corrected chi connectivity index (χ1v) is 10.7. The summed E-state index contributed by atoms with van der Waals surface area (Å²) in [5.41, 5.74) is -0.774. The number of nitrogens with one attached hydrogen (secondary N) is 1. The third-order valence-corrected chi connectivity index (χ3v) is 6.17. The summed E-state index contributed by atoms with van der Waals surface area (Å²) >= 11 is 0. The highest BCUT2D eigenvalue weighted by atomic mass is 19.1. The van der Waals surface area contributed by atoms with Gasteiger partial charge in [0.2, 0.25) is 5.43 Å². The fourth-order valence-electron chi connectivity index (χ4n) is 4.51. The lowest BCUT2D eigenvalue weighted by Crippen LogP contribution is -2.61. The predicted octanol–water partition coefficient (Wildman–Crippen LogP) is 2.24. The summed E-state index contributed by atoms with van der Waals surface area (Å²) < 4.78 is 28.4. The lowest BCUT2D eigenvalue weighted by atomic mass is 10.1. The van der Waals surface area contributed by atoms with Crippen LogP contribution in [-0.2, 0) is 6.54 Å². The van der Waals surface area contributed by atoms with Crippen LogP contribution in [0.4, 0.5) is 8.78 Å². The lowest BCUT2D eigenvalue weighted by molar-refractivity contribution is 0.0630. The van der Waals surface area contributed by atoms with Crippen molar-refractivity contribution in [2.75, 3.05) is 11.6 Å². The molecule has 2 aliphatic heterocycles. The molecule has 2 atom stereocenters. The molecule has 0 saturated carbocycles.